The van der Waals surface area contributed by atoms with Crippen LogP contribution in [-0.2, 0) is 4.74 Å². The summed E-state index contributed by atoms with van der Waals surface area (Å²) in [7, 11) is 0. The molecule has 5 rings (SSSR count). The molecule has 2 saturated heterocycles. The second-order valence-corrected chi connectivity index (χ2v) is 9.35. The van der Waals surface area contributed by atoms with Crippen molar-refractivity contribution in [2.75, 3.05) is 13.1 Å². The van der Waals surface area contributed by atoms with Gasteiger partial charge < -0.3 is 14.7 Å². The highest BCUT2D eigenvalue weighted by Crippen LogP contribution is 2.43. The van der Waals surface area contributed by atoms with Crippen LogP contribution in [0, 0.1) is 0 Å². The molecular weight excluding hydrogens is 408 g/mol. The highest BCUT2D eigenvalue weighted by Gasteiger charge is 2.44. The Labute approximate surface area is 186 Å². The number of hydrogen-bond donors (Lipinski definition) is 1. The molecule has 6 heteroatoms. The van der Waals surface area contributed by atoms with Crippen LogP contribution >= 0.6 is 11.3 Å². The Morgan fingerprint density at radius 3 is 2.45 bits per heavy atom. The molecule has 3 aromatic rings. The SMILES string of the molecule is O=C(c1csc(-c2ccccc2)n1)N1CCC2(CC1)C[C@@H](O)C[C@H](c1ccccc1)O2. The second kappa shape index (κ2) is 8.54. The molecule has 2 atom stereocenters. The number of likely N-dealkylation sites (tertiary alicyclic amines) is 1. The van der Waals surface area contributed by atoms with Gasteiger partial charge in [-0.3, -0.25) is 4.79 Å². The van der Waals surface area contributed by atoms with Gasteiger partial charge in [0.05, 0.1) is 17.8 Å². The summed E-state index contributed by atoms with van der Waals surface area (Å²) in [5.41, 5.74) is 2.27. The van der Waals surface area contributed by atoms with Gasteiger partial charge in [-0.1, -0.05) is 60.7 Å². The van der Waals surface area contributed by atoms with E-state index in [1.54, 1.807) is 0 Å². The molecule has 0 aliphatic carbocycles. The number of nitrogens with zero attached hydrogens (tertiary/aromatic N) is 2. The number of hydrogen-bond acceptors (Lipinski definition) is 5. The quantitative estimate of drug-likeness (QED) is 0.649. The summed E-state index contributed by atoms with van der Waals surface area (Å²) in [6.07, 6.45) is 2.24. The number of aliphatic hydroxyl groups is 1. The standard InChI is InChI=1S/C25H26N2O3S/c28-20-15-22(18-7-3-1-4-8-18)30-25(16-20)11-13-27(14-12-25)24(29)21-17-31-23(26-21)19-9-5-2-6-10-19/h1-10,17,20,22,28H,11-16H2/t20-,22+/m0/s1. The van der Waals surface area contributed by atoms with Crippen LogP contribution in [0.25, 0.3) is 10.6 Å². The lowest BCUT2D eigenvalue weighted by Crippen LogP contribution is -2.52. The van der Waals surface area contributed by atoms with Gasteiger partial charge in [0, 0.05) is 36.9 Å². The molecular formula is C25H26N2O3S. The van der Waals surface area contributed by atoms with E-state index in [-0.39, 0.29) is 23.7 Å². The molecule has 5 nitrogen and oxygen atoms in total. The fourth-order valence-electron chi connectivity index (χ4n) is 4.72. The van der Waals surface area contributed by atoms with E-state index >= 15 is 0 Å². The van der Waals surface area contributed by atoms with E-state index in [0.29, 0.717) is 31.6 Å². The third-order valence-electron chi connectivity index (χ3n) is 6.36. The monoisotopic (exact) mass is 434 g/mol. The smallest absolute Gasteiger partial charge is 0.273 e. The van der Waals surface area contributed by atoms with Crippen LogP contribution in [0.15, 0.2) is 66.0 Å². The van der Waals surface area contributed by atoms with E-state index < -0.39 is 0 Å². The lowest BCUT2D eigenvalue weighted by Gasteiger charge is -2.48. The van der Waals surface area contributed by atoms with E-state index in [9.17, 15) is 9.90 Å². The van der Waals surface area contributed by atoms with Crippen molar-refractivity contribution in [3.8, 4) is 10.6 Å². The zero-order chi connectivity index (χ0) is 21.3. The van der Waals surface area contributed by atoms with E-state index in [2.05, 4.69) is 17.1 Å². The van der Waals surface area contributed by atoms with Gasteiger partial charge in [0.25, 0.3) is 5.91 Å². The van der Waals surface area contributed by atoms with Crippen LogP contribution in [0.1, 0.15) is 47.8 Å². The largest absolute Gasteiger partial charge is 0.393 e. The topological polar surface area (TPSA) is 62.7 Å². The maximum absolute atomic E-state index is 13.0. The molecule has 160 valence electrons. The molecule has 0 unspecified atom stereocenters. The molecule has 1 spiro atoms. The first-order valence-electron chi connectivity index (χ1n) is 10.8. The first kappa shape index (κ1) is 20.4. The van der Waals surface area contributed by atoms with E-state index in [1.165, 1.54) is 11.3 Å². The minimum atomic E-state index is -0.381. The van der Waals surface area contributed by atoms with E-state index in [0.717, 1.165) is 29.0 Å². The summed E-state index contributed by atoms with van der Waals surface area (Å²) in [5, 5.41) is 13.3. The van der Waals surface area contributed by atoms with Gasteiger partial charge in [-0.05, 0) is 18.4 Å². The van der Waals surface area contributed by atoms with Gasteiger partial charge in [-0.25, -0.2) is 4.98 Å². The number of benzene rings is 2. The van der Waals surface area contributed by atoms with Crippen molar-refractivity contribution in [3.63, 3.8) is 0 Å². The molecule has 3 heterocycles. The minimum Gasteiger partial charge on any atom is -0.393 e. The zero-order valence-corrected chi connectivity index (χ0v) is 18.1. The predicted octanol–water partition coefficient (Wildman–Crippen LogP) is 4.70. The number of rotatable bonds is 3. The number of aromatic nitrogens is 1. The molecule has 1 aromatic heterocycles. The molecule has 2 aromatic carbocycles. The highest BCUT2D eigenvalue weighted by atomic mass is 32.1. The van der Waals surface area contributed by atoms with Gasteiger partial charge in [0.15, 0.2) is 0 Å². The minimum absolute atomic E-state index is 0.0238. The predicted molar refractivity (Wildman–Crippen MR) is 121 cm³/mol. The summed E-state index contributed by atoms with van der Waals surface area (Å²) < 4.78 is 6.56. The number of amides is 1. The Hall–Kier alpha value is -2.54. The van der Waals surface area contributed by atoms with Crippen molar-refractivity contribution in [2.45, 2.75) is 43.5 Å². The van der Waals surface area contributed by atoms with Crippen molar-refractivity contribution >= 4 is 17.2 Å². The second-order valence-electron chi connectivity index (χ2n) is 8.49. The molecule has 0 saturated carbocycles. The molecule has 0 bridgehead atoms. The number of piperidine rings is 1. The summed E-state index contributed by atoms with van der Waals surface area (Å²) in [6, 6.07) is 20.1. The van der Waals surface area contributed by atoms with Crippen LogP contribution in [0.3, 0.4) is 0 Å². The average molecular weight is 435 g/mol. The molecule has 1 amide bonds. The maximum atomic E-state index is 13.0. The van der Waals surface area contributed by atoms with Crippen molar-refractivity contribution in [2.24, 2.45) is 0 Å². The summed E-state index contributed by atoms with van der Waals surface area (Å²) in [6.45, 7) is 1.23. The fourth-order valence-corrected chi connectivity index (χ4v) is 5.52. The molecule has 2 aliphatic rings. The highest BCUT2D eigenvalue weighted by molar-refractivity contribution is 7.13. The van der Waals surface area contributed by atoms with Gasteiger partial charge >= 0.3 is 0 Å². The molecule has 0 radical (unpaired) electrons. The Balaban J connectivity index is 1.26. The van der Waals surface area contributed by atoms with Gasteiger partial charge in [0.1, 0.15) is 10.7 Å². The van der Waals surface area contributed by atoms with Gasteiger partial charge in [0.2, 0.25) is 0 Å². The first-order valence-corrected chi connectivity index (χ1v) is 11.7. The Morgan fingerprint density at radius 1 is 1.06 bits per heavy atom. The van der Waals surface area contributed by atoms with E-state index in [1.807, 2.05) is 58.8 Å². The molecule has 1 N–H and O–H groups in total. The van der Waals surface area contributed by atoms with Gasteiger partial charge in [-0.2, -0.15) is 0 Å². The number of thiazole rings is 1. The van der Waals surface area contributed by atoms with Crippen LogP contribution in [-0.4, -0.2) is 45.7 Å². The van der Waals surface area contributed by atoms with Crippen LogP contribution in [0.4, 0.5) is 0 Å². The Kier molecular flexibility index (Phi) is 5.61. The Morgan fingerprint density at radius 2 is 1.74 bits per heavy atom. The number of carbonyl (C=O) groups excluding carboxylic acids is 1. The fraction of sp³-hybridized carbons (Fsp3) is 0.360. The van der Waals surface area contributed by atoms with Crippen molar-refractivity contribution in [3.05, 3.63) is 77.3 Å². The lowest BCUT2D eigenvalue weighted by molar-refractivity contribution is -0.181. The summed E-state index contributed by atoms with van der Waals surface area (Å²) in [4.78, 5) is 19.5. The third-order valence-corrected chi connectivity index (χ3v) is 7.25. The normalized spacial score (nSPS) is 23.1. The van der Waals surface area contributed by atoms with Crippen LogP contribution < -0.4 is 0 Å². The maximum Gasteiger partial charge on any atom is 0.273 e. The molecule has 2 fully saturated rings. The summed E-state index contributed by atoms with van der Waals surface area (Å²) in [5.74, 6) is -0.0238. The van der Waals surface area contributed by atoms with Crippen molar-refractivity contribution < 1.29 is 14.6 Å². The van der Waals surface area contributed by atoms with E-state index in [4.69, 9.17) is 4.74 Å². The number of carbonyl (C=O) groups is 1. The number of ether oxygens (including phenoxy) is 1. The van der Waals surface area contributed by atoms with Gasteiger partial charge in [-0.15, -0.1) is 11.3 Å². The number of aliphatic hydroxyl groups excluding tert-OH is 1. The average Bonchev–Trinajstić information content (AvgIpc) is 3.30. The zero-order valence-electron chi connectivity index (χ0n) is 17.3. The third kappa shape index (κ3) is 4.28. The van der Waals surface area contributed by atoms with Crippen molar-refractivity contribution in [1.82, 2.24) is 9.88 Å². The molecule has 31 heavy (non-hydrogen) atoms. The van der Waals surface area contributed by atoms with Crippen LogP contribution in [0.2, 0.25) is 0 Å². The first-order chi connectivity index (χ1) is 15.1. The van der Waals surface area contributed by atoms with Crippen LogP contribution in [0.5, 0.6) is 0 Å². The molecule has 2 aliphatic heterocycles. The lowest BCUT2D eigenvalue weighted by atomic mass is 9.81. The summed E-state index contributed by atoms with van der Waals surface area (Å²) >= 11 is 1.50. The van der Waals surface area contributed by atoms with Crippen molar-refractivity contribution in [1.29, 1.82) is 0 Å². The Bertz CT molecular complexity index is 1030.